The second kappa shape index (κ2) is 5.09. The van der Waals surface area contributed by atoms with Crippen molar-refractivity contribution in [1.82, 2.24) is 0 Å². The van der Waals surface area contributed by atoms with E-state index in [1.54, 1.807) is 6.07 Å². The first-order chi connectivity index (χ1) is 8.47. The van der Waals surface area contributed by atoms with Gasteiger partial charge in [-0.1, -0.05) is 47.0 Å². The molecule has 0 fully saturated rings. The minimum absolute atomic E-state index is 0.0240. The van der Waals surface area contributed by atoms with Crippen molar-refractivity contribution < 1.29 is 9.50 Å². The van der Waals surface area contributed by atoms with Crippen molar-refractivity contribution >= 4 is 11.6 Å². The van der Waals surface area contributed by atoms with E-state index in [1.807, 2.05) is 32.0 Å². The van der Waals surface area contributed by atoms with E-state index in [0.29, 0.717) is 5.56 Å². The molecule has 2 aromatic rings. The minimum Gasteiger partial charge on any atom is -0.384 e. The van der Waals surface area contributed by atoms with Crippen molar-refractivity contribution in [3.8, 4) is 0 Å². The van der Waals surface area contributed by atoms with Gasteiger partial charge in [-0.05, 0) is 37.1 Å². The molecule has 0 bridgehead atoms. The average molecular weight is 265 g/mol. The van der Waals surface area contributed by atoms with E-state index in [4.69, 9.17) is 11.6 Å². The van der Waals surface area contributed by atoms with Gasteiger partial charge in [-0.25, -0.2) is 4.39 Å². The molecule has 0 aliphatic rings. The summed E-state index contributed by atoms with van der Waals surface area (Å²) in [5, 5.41) is 10.3. The first kappa shape index (κ1) is 13.1. The van der Waals surface area contributed by atoms with Gasteiger partial charge in [0.15, 0.2) is 0 Å². The molecule has 1 N–H and O–H groups in total. The summed E-state index contributed by atoms with van der Waals surface area (Å²) in [7, 11) is 0. The number of aryl methyl sites for hydroxylation is 2. The number of aliphatic hydroxyl groups is 1. The molecule has 3 heteroatoms. The van der Waals surface area contributed by atoms with Crippen LogP contribution in [-0.4, -0.2) is 5.11 Å². The topological polar surface area (TPSA) is 20.2 Å². The molecule has 0 aliphatic heterocycles. The van der Waals surface area contributed by atoms with Crippen LogP contribution in [0.25, 0.3) is 0 Å². The maximum absolute atomic E-state index is 13.1. The number of hydrogen-bond acceptors (Lipinski definition) is 1. The summed E-state index contributed by atoms with van der Waals surface area (Å²) in [6.07, 6.45) is -0.790. The van der Waals surface area contributed by atoms with E-state index < -0.39 is 11.9 Å². The van der Waals surface area contributed by atoms with Gasteiger partial charge in [0, 0.05) is 0 Å². The summed E-state index contributed by atoms with van der Waals surface area (Å²) in [6.45, 7) is 3.95. The predicted molar refractivity (Wildman–Crippen MR) is 71.4 cm³/mol. The number of aliphatic hydroxyl groups excluding tert-OH is 1. The second-order valence-corrected chi connectivity index (χ2v) is 4.90. The Hall–Kier alpha value is -1.38. The maximum Gasteiger partial charge on any atom is 0.141 e. The standard InChI is InChI=1S/C15H14ClFO/c1-9-5-10(2)7-12(6-9)15(18)11-3-4-14(17)13(16)8-11/h3-8,15,18H,1-2H3. The molecular formula is C15H14ClFO. The molecule has 0 radical (unpaired) electrons. The van der Waals surface area contributed by atoms with Crippen molar-refractivity contribution in [3.63, 3.8) is 0 Å². The lowest BCUT2D eigenvalue weighted by atomic mass is 9.98. The second-order valence-electron chi connectivity index (χ2n) is 4.50. The van der Waals surface area contributed by atoms with E-state index in [-0.39, 0.29) is 5.02 Å². The van der Waals surface area contributed by atoms with Crippen LogP contribution in [0.1, 0.15) is 28.4 Å². The highest BCUT2D eigenvalue weighted by Gasteiger charge is 2.13. The first-order valence-electron chi connectivity index (χ1n) is 5.68. The Morgan fingerprint density at radius 3 is 2.17 bits per heavy atom. The van der Waals surface area contributed by atoms with Crippen LogP contribution in [0.15, 0.2) is 36.4 Å². The Balaban J connectivity index is 2.40. The van der Waals surface area contributed by atoms with Gasteiger partial charge in [-0.15, -0.1) is 0 Å². The summed E-state index contributed by atoms with van der Waals surface area (Å²) in [6, 6.07) is 10.1. The lowest BCUT2D eigenvalue weighted by Crippen LogP contribution is -2.01. The molecule has 0 heterocycles. The van der Waals surface area contributed by atoms with Gasteiger partial charge in [0.05, 0.1) is 5.02 Å². The third kappa shape index (κ3) is 2.71. The van der Waals surface area contributed by atoms with Crippen LogP contribution in [0.3, 0.4) is 0 Å². The van der Waals surface area contributed by atoms with Crippen LogP contribution in [0.2, 0.25) is 5.02 Å². The molecule has 0 amide bonds. The maximum atomic E-state index is 13.1. The van der Waals surface area contributed by atoms with Crippen LogP contribution in [0.4, 0.5) is 4.39 Å². The Kier molecular flexibility index (Phi) is 3.69. The summed E-state index contributed by atoms with van der Waals surface area (Å²) in [5.41, 5.74) is 3.54. The van der Waals surface area contributed by atoms with Crippen LogP contribution < -0.4 is 0 Å². The van der Waals surface area contributed by atoms with Crippen LogP contribution >= 0.6 is 11.6 Å². The highest BCUT2D eigenvalue weighted by molar-refractivity contribution is 6.30. The molecule has 2 rings (SSSR count). The summed E-state index contributed by atoms with van der Waals surface area (Å²) in [5.74, 6) is -0.479. The number of halogens is 2. The number of rotatable bonds is 2. The summed E-state index contributed by atoms with van der Waals surface area (Å²) < 4.78 is 13.1. The first-order valence-corrected chi connectivity index (χ1v) is 6.06. The molecule has 94 valence electrons. The molecule has 0 aliphatic carbocycles. The van der Waals surface area contributed by atoms with E-state index in [0.717, 1.165) is 16.7 Å². The number of hydrogen-bond donors (Lipinski definition) is 1. The lowest BCUT2D eigenvalue weighted by molar-refractivity contribution is 0.220. The van der Waals surface area contributed by atoms with Gasteiger partial charge in [0.1, 0.15) is 11.9 Å². The Morgan fingerprint density at radius 2 is 1.61 bits per heavy atom. The highest BCUT2D eigenvalue weighted by Crippen LogP contribution is 2.27. The molecule has 1 atom stereocenters. The van der Waals surface area contributed by atoms with Gasteiger partial charge >= 0.3 is 0 Å². The third-order valence-corrected chi connectivity index (χ3v) is 3.11. The third-order valence-electron chi connectivity index (χ3n) is 2.82. The van der Waals surface area contributed by atoms with Crippen molar-refractivity contribution in [2.45, 2.75) is 20.0 Å². The van der Waals surface area contributed by atoms with Crippen LogP contribution in [-0.2, 0) is 0 Å². The number of benzene rings is 2. The van der Waals surface area contributed by atoms with Crippen molar-refractivity contribution in [2.75, 3.05) is 0 Å². The van der Waals surface area contributed by atoms with E-state index in [1.165, 1.54) is 12.1 Å². The largest absolute Gasteiger partial charge is 0.384 e. The molecule has 1 nitrogen and oxygen atoms in total. The summed E-state index contributed by atoms with van der Waals surface area (Å²) in [4.78, 5) is 0. The van der Waals surface area contributed by atoms with E-state index in [9.17, 15) is 9.50 Å². The summed E-state index contributed by atoms with van der Waals surface area (Å²) >= 11 is 5.72. The Morgan fingerprint density at radius 1 is 1.00 bits per heavy atom. The molecular weight excluding hydrogens is 251 g/mol. The fraction of sp³-hybridized carbons (Fsp3) is 0.200. The molecule has 18 heavy (non-hydrogen) atoms. The molecule has 0 spiro atoms. The van der Waals surface area contributed by atoms with Gasteiger partial charge in [0.25, 0.3) is 0 Å². The average Bonchev–Trinajstić information content (AvgIpc) is 2.30. The zero-order valence-electron chi connectivity index (χ0n) is 10.2. The normalized spacial score (nSPS) is 12.5. The molecule has 0 saturated heterocycles. The Bertz CT molecular complexity index is 560. The zero-order chi connectivity index (χ0) is 13.3. The Labute approximate surface area is 111 Å². The molecule has 2 aromatic carbocycles. The fourth-order valence-electron chi connectivity index (χ4n) is 2.04. The molecule has 0 aromatic heterocycles. The van der Waals surface area contributed by atoms with Gasteiger partial charge in [-0.3, -0.25) is 0 Å². The highest BCUT2D eigenvalue weighted by atomic mass is 35.5. The van der Waals surface area contributed by atoms with E-state index in [2.05, 4.69) is 0 Å². The van der Waals surface area contributed by atoms with Gasteiger partial charge in [-0.2, -0.15) is 0 Å². The SMILES string of the molecule is Cc1cc(C)cc(C(O)c2ccc(F)c(Cl)c2)c1. The zero-order valence-corrected chi connectivity index (χ0v) is 11.0. The van der Waals surface area contributed by atoms with Crippen molar-refractivity contribution in [3.05, 3.63) is 69.5 Å². The van der Waals surface area contributed by atoms with E-state index >= 15 is 0 Å². The van der Waals surface area contributed by atoms with Gasteiger partial charge < -0.3 is 5.11 Å². The van der Waals surface area contributed by atoms with Gasteiger partial charge in [0.2, 0.25) is 0 Å². The van der Waals surface area contributed by atoms with Crippen molar-refractivity contribution in [2.24, 2.45) is 0 Å². The quantitative estimate of drug-likeness (QED) is 0.863. The molecule has 1 unspecified atom stereocenters. The lowest BCUT2D eigenvalue weighted by Gasteiger charge is -2.13. The minimum atomic E-state index is -0.790. The fourth-order valence-corrected chi connectivity index (χ4v) is 2.23. The monoisotopic (exact) mass is 264 g/mol. The van der Waals surface area contributed by atoms with Crippen LogP contribution in [0.5, 0.6) is 0 Å². The molecule has 0 saturated carbocycles. The van der Waals surface area contributed by atoms with Crippen LogP contribution in [0, 0.1) is 19.7 Å². The van der Waals surface area contributed by atoms with Crippen molar-refractivity contribution in [1.29, 1.82) is 0 Å². The smallest absolute Gasteiger partial charge is 0.141 e. The predicted octanol–water partition coefficient (Wildman–Crippen LogP) is 4.18.